The molecular formula is C19H17NO2. The first-order chi connectivity index (χ1) is 10.7. The lowest BCUT2D eigenvalue weighted by molar-refractivity contribution is 0.0957. The quantitative estimate of drug-likeness (QED) is 0.789. The van der Waals surface area contributed by atoms with Gasteiger partial charge in [0.1, 0.15) is 5.75 Å². The van der Waals surface area contributed by atoms with Gasteiger partial charge >= 0.3 is 0 Å². The molecular weight excluding hydrogens is 274 g/mol. The standard InChI is InChI=1S/C19H17NO2/c1-22-15-9-10-17-13(11-15)6-4-8-18(19(17)21)16-7-3-2-5-14(16)12-20/h2-3,5,7,9-11,18H,4,6,8H2,1H3. The molecule has 0 N–H and O–H groups in total. The number of ether oxygens (including phenoxy) is 1. The molecule has 1 unspecified atom stereocenters. The summed E-state index contributed by atoms with van der Waals surface area (Å²) in [6.45, 7) is 0. The Kier molecular flexibility index (Phi) is 3.93. The number of methoxy groups -OCH3 is 1. The van der Waals surface area contributed by atoms with Gasteiger partial charge in [-0.15, -0.1) is 0 Å². The van der Waals surface area contributed by atoms with Crippen molar-refractivity contribution in [2.24, 2.45) is 0 Å². The minimum absolute atomic E-state index is 0.109. The van der Waals surface area contributed by atoms with E-state index in [4.69, 9.17) is 4.74 Å². The van der Waals surface area contributed by atoms with Gasteiger partial charge in [0.25, 0.3) is 0 Å². The van der Waals surface area contributed by atoms with Gasteiger partial charge in [-0.25, -0.2) is 0 Å². The van der Waals surface area contributed by atoms with Crippen LogP contribution in [0, 0.1) is 11.3 Å². The van der Waals surface area contributed by atoms with E-state index in [1.165, 1.54) is 0 Å². The van der Waals surface area contributed by atoms with Crippen molar-refractivity contribution in [3.05, 3.63) is 64.7 Å². The lowest BCUT2D eigenvalue weighted by Crippen LogP contribution is -2.13. The Morgan fingerprint density at radius 2 is 2.05 bits per heavy atom. The molecule has 3 heteroatoms. The van der Waals surface area contributed by atoms with Gasteiger partial charge in [0.15, 0.2) is 5.78 Å². The number of nitriles is 1. The monoisotopic (exact) mass is 291 g/mol. The number of benzene rings is 2. The third kappa shape index (κ3) is 2.48. The van der Waals surface area contributed by atoms with E-state index in [0.717, 1.165) is 41.7 Å². The summed E-state index contributed by atoms with van der Waals surface area (Å²) >= 11 is 0. The maximum absolute atomic E-state index is 13.0. The van der Waals surface area contributed by atoms with Crippen molar-refractivity contribution in [1.82, 2.24) is 0 Å². The minimum Gasteiger partial charge on any atom is -0.497 e. The number of carbonyl (C=O) groups is 1. The number of Topliss-reactive ketones (excluding diaryl/α,β-unsaturated/α-hetero) is 1. The first kappa shape index (κ1) is 14.3. The Morgan fingerprint density at radius 3 is 2.82 bits per heavy atom. The highest BCUT2D eigenvalue weighted by Crippen LogP contribution is 2.34. The highest BCUT2D eigenvalue weighted by atomic mass is 16.5. The summed E-state index contributed by atoms with van der Waals surface area (Å²) in [6.07, 6.45) is 2.56. The van der Waals surface area contributed by atoms with Crippen molar-refractivity contribution >= 4 is 5.78 Å². The van der Waals surface area contributed by atoms with Gasteiger partial charge < -0.3 is 4.74 Å². The molecule has 1 aliphatic carbocycles. The van der Waals surface area contributed by atoms with Crippen LogP contribution in [0.5, 0.6) is 5.75 Å². The molecule has 0 bridgehead atoms. The molecule has 1 aliphatic rings. The van der Waals surface area contributed by atoms with Crippen LogP contribution in [-0.4, -0.2) is 12.9 Å². The molecule has 0 spiro atoms. The maximum atomic E-state index is 13.0. The van der Waals surface area contributed by atoms with Crippen LogP contribution in [-0.2, 0) is 6.42 Å². The minimum atomic E-state index is -0.231. The number of hydrogen-bond acceptors (Lipinski definition) is 3. The fraction of sp³-hybridized carbons (Fsp3) is 0.263. The van der Waals surface area contributed by atoms with Crippen molar-refractivity contribution in [1.29, 1.82) is 5.26 Å². The van der Waals surface area contributed by atoms with Crippen LogP contribution in [0.3, 0.4) is 0 Å². The number of fused-ring (bicyclic) bond motifs is 1. The van der Waals surface area contributed by atoms with Crippen LogP contribution in [0.1, 0.15) is 45.8 Å². The molecule has 0 aliphatic heterocycles. The van der Waals surface area contributed by atoms with Crippen molar-refractivity contribution in [3.8, 4) is 11.8 Å². The molecule has 0 radical (unpaired) electrons. The van der Waals surface area contributed by atoms with Crippen LogP contribution in [0.4, 0.5) is 0 Å². The predicted octanol–water partition coefficient (Wildman–Crippen LogP) is 3.87. The molecule has 2 aromatic carbocycles. The Hall–Kier alpha value is -2.60. The average molecular weight is 291 g/mol. The van der Waals surface area contributed by atoms with E-state index in [1.54, 1.807) is 13.2 Å². The smallest absolute Gasteiger partial charge is 0.170 e. The lowest BCUT2D eigenvalue weighted by atomic mass is 9.86. The van der Waals surface area contributed by atoms with Crippen LogP contribution in [0.15, 0.2) is 42.5 Å². The second-order valence-corrected chi connectivity index (χ2v) is 5.53. The predicted molar refractivity (Wildman–Crippen MR) is 84.2 cm³/mol. The summed E-state index contributed by atoms with van der Waals surface area (Å²) in [5, 5.41) is 9.29. The van der Waals surface area contributed by atoms with Crippen LogP contribution < -0.4 is 4.74 Å². The van der Waals surface area contributed by atoms with Crippen LogP contribution >= 0.6 is 0 Å². The zero-order valence-corrected chi connectivity index (χ0v) is 12.5. The summed E-state index contributed by atoms with van der Waals surface area (Å²) in [4.78, 5) is 13.0. The maximum Gasteiger partial charge on any atom is 0.170 e. The zero-order chi connectivity index (χ0) is 15.5. The van der Waals surface area contributed by atoms with Crippen molar-refractivity contribution in [2.75, 3.05) is 7.11 Å². The van der Waals surface area contributed by atoms with E-state index in [1.807, 2.05) is 36.4 Å². The molecule has 0 amide bonds. The summed E-state index contributed by atoms with van der Waals surface area (Å²) in [7, 11) is 1.63. The fourth-order valence-corrected chi connectivity index (χ4v) is 3.16. The van der Waals surface area contributed by atoms with E-state index in [-0.39, 0.29) is 11.7 Å². The second kappa shape index (κ2) is 6.03. The number of ketones is 1. The zero-order valence-electron chi connectivity index (χ0n) is 12.5. The van der Waals surface area contributed by atoms with E-state index in [2.05, 4.69) is 6.07 Å². The van der Waals surface area contributed by atoms with E-state index in [9.17, 15) is 10.1 Å². The van der Waals surface area contributed by atoms with Gasteiger partial charge in [-0.2, -0.15) is 5.26 Å². The SMILES string of the molecule is COc1ccc2c(c1)CCCC(c1ccccc1C#N)C2=O. The molecule has 3 nitrogen and oxygen atoms in total. The summed E-state index contributed by atoms with van der Waals surface area (Å²) in [5.41, 5.74) is 3.24. The normalized spacial score (nSPS) is 17.3. The molecule has 0 saturated carbocycles. The van der Waals surface area contributed by atoms with Crippen LogP contribution in [0.25, 0.3) is 0 Å². The Labute approximate surface area is 130 Å². The van der Waals surface area contributed by atoms with E-state index in [0.29, 0.717) is 5.56 Å². The van der Waals surface area contributed by atoms with Gasteiger partial charge in [-0.1, -0.05) is 18.2 Å². The van der Waals surface area contributed by atoms with Crippen molar-refractivity contribution in [3.63, 3.8) is 0 Å². The van der Waals surface area contributed by atoms with Gasteiger partial charge in [0, 0.05) is 11.5 Å². The molecule has 0 saturated heterocycles. The number of hydrogen-bond donors (Lipinski definition) is 0. The third-order valence-corrected chi connectivity index (χ3v) is 4.29. The largest absolute Gasteiger partial charge is 0.497 e. The highest BCUT2D eigenvalue weighted by molar-refractivity contribution is 6.03. The Morgan fingerprint density at radius 1 is 1.23 bits per heavy atom. The van der Waals surface area contributed by atoms with Crippen LogP contribution in [0.2, 0.25) is 0 Å². The molecule has 22 heavy (non-hydrogen) atoms. The van der Waals surface area contributed by atoms with Gasteiger partial charge in [0.05, 0.1) is 18.7 Å². The van der Waals surface area contributed by atoms with Gasteiger partial charge in [0.2, 0.25) is 0 Å². The number of aryl methyl sites for hydroxylation is 1. The molecule has 3 rings (SSSR count). The summed E-state index contributed by atoms with van der Waals surface area (Å²) in [5.74, 6) is 0.658. The number of nitrogens with zero attached hydrogens (tertiary/aromatic N) is 1. The average Bonchev–Trinajstić information content (AvgIpc) is 2.73. The van der Waals surface area contributed by atoms with E-state index < -0.39 is 0 Å². The van der Waals surface area contributed by atoms with Gasteiger partial charge in [-0.3, -0.25) is 4.79 Å². The topological polar surface area (TPSA) is 50.1 Å². The molecule has 1 atom stereocenters. The van der Waals surface area contributed by atoms with E-state index >= 15 is 0 Å². The fourth-order valence-electron chi connectivity index (χ4n) is 3.16. The van der Waals surface area contributed by atoms with Crippen molar-refractivity contribution < 1.29 is 9.53 Å². The summed E-state index contributed by atoms with van der Waals surface area (Å²) < 4.78 is 5.25. The summed E-state index contributed by atoms with van der Waals surface area (Å²) in [6, 6.07) is 15.2. The van der Waals surface area contributed by atoms with Gasteiger partial charge in [-0.05, 0) is 54.7 Å². The number of carbonyl (C=O) groups excluding carboxylic acids is 1. The third-order valence-electron chi connectivity index (χ3n) is 4.29. The second-order valence-electron chi connectivity index (χ2n) is 5.53. The molecule has 2 aromatic rings. The lowest BCUT2D eigenvalue weighted by Gasteiger charge is -2.15. The van der Waals surface area contributed by atoms with Crippen molar-refractivity contribution in [2.45, 2.75) is 25.2 Å². The molecule has 0 aromatic heterocycles. The first-order valence-electron chi connectivity index (χ1n) is 7.44. The Balaban J connectivity index is 2.05. The first-order valence-corrected chi connectivity index (χ1v) is 7.44. The molecule has 110 valence electrons. The molecule has 0 fully saturated rings. The molecule has 0 heterocycles. The number of rotatable bonds is 2. The highest BCUT2D eigenvalue weighted by Gasteiger charge is 2.28. The Bertz CT molecular complexity index is 758.